The molecule has 0 saturated heterocycles. The van der Waals surface area contributed by atoms with Gasteiger partial charge in [0.2, 0.25) is 11.8 Å². The number of fused-ring (bicyclic) bond motifs is 1. The molecule has 0 spiro atoms. The van der Waals surface area contributed by atoms with E-state index in [2.05, 4.69) is 21.0 Å². The van der Waals surface area contributed by atoms with Crippen LogP contribution < -0.4 is 21.8 Å². The van der Waals surface area contributed by atoms with E-state index in [0.29, 0.717) is 5.52 Å². The molecule has 0 aliphatic rings. The molecule has 12 heteroatoms. The van der Waals surface area contributed by atoms with Crippen molar-refractivity contribution in [3.8, 4) is 0 Å². The number of carbonyl (C=O) groups is 4. The maximum atomic E-state index is 13.7. The number of nitrogens with one attached hydrogen (secondary N) is 3. The Morgan fingerprint density at radius 2 is 1.48 bits per heavy atom. The van der Waals surface area contributed by atoms with E-state index in [1.54, 1.807) is 39.0 Å². The molecule has 0 radical (unpaired) electrons. The molecular formula is C36H42N6O6. The van der Waals surface area contributed by atoms with Crippen LogP contribution in [0.5, 0.6) is 0 Å². The lowest BCUT2D eigenvalue weighted by Gasteiger charge is -2.32. The van der Waals surface area contributed by atoms with Gasteiger partial charge in [-0.25, -0.2) is 14.8 Å². The molecule has 1 heterocycles. The lowest BCUT2D eigenvalue weighted by Crippen LogP contribution is -2.57. The van der Waals surface area contributed by atoms with Crippen LogP contribution in [0.4, 0.5) is 4.79 Å². The summed E-state index contributed by atoms with van der Waals surface area (Å²) < 4.78 is 5.44. The molecule has 0 bridgehead atoms. The zero-order valence-electron chi connectivity index (χ0n) is 27.3. The summed E-state index contributed by atoms with van der Waals surface area (Å²) in [4.78, 5) is 56.0. The number of primary amides is 1. The third-order valence-corrected chi connectivity index (χ3v) is 7.22. The number of ether oxygens (including phenoxy) is 1. The molecule has 3 atom stereocenters. The first-order valence-corrected chi connectivity index (χ1v) is 15.6. The van der Waals surface area contributed by atoms with Crippen molar-refractivity contribution < 1.29 is 29.0 Å². The van der Waals surface area contributed by atoms with Gasteiger partial charge in [0.25, 0.3) is 5.91 Å². The van der Waals surface area contributed by atoms with Crippen LogP contribution in [0, 0.1) is 0 Å². The smallest absolute Gasteiger partial charge is 0.422 e. The zero-order valence-corrected chi connectivity index (χ0v) is 27.3. The van der Waals surface area contributed by atoms with E-state index in [1.807, 2.05) is 72.8 Å². The number of hydrazine groups is 1. The van der Waals surface area contributed by atoms with Gasteiger partial charge in [-0.15, -0.1) is 0 Å². The van der Waals surface area contributed by atoms with Crippen molar-refractivity contribution in [3.05, 3.63) is 114 Å². The predicted molar refractivity (Wildman–Crippen MR) is 181 cm³/mol. The van der Waals surface area contributed by atoms with Crippen molar-refractivity contribution in [1.29, 1.82) is 0 Å². The molecule has 4 aromatic rings. The van der Waals surface area contributed by atoms with Crippen molar-refractivity contribution >= 4 is 34.7 Å². The minimum absolute atomic E-state index is 0.0570. The number of aromatic nitrogens is 1. The Balaban J connectivity index is 1.55. The molecule has 0 aliphatic carbocycles. The van der Waals surface area contributed by atoms with Gasteiger partial charge in [0.15, 0.2) is 0 Å². The van der Waals surface area contributed by atoms with E-state index in [4.69, 9.17) is 10.5 Å². The first-order valence-electron chi connectivity index (χ1n) is 15.6. The number of hydrogen-bond donors (Lipinski definition) is 5. The number of amides is 4. The Kier molecular flexibility index (Phi) is 12.2. The normalized spacial score (nSPS) is 13.3. The highest BCUT2D eigenvalue weighted by atomic mass is 16.6. The van der Waals surface area contributed by atoms with Gasteiger partial charge < -0.3 is 26.2 Å². The molecule has 6 N–H and O–H groups in total. The average molecular weight is 655 g/mol. The van der Waals surface area contributed by atoms with E-state index in [1.165, 1.54) is 11.1 Å². The van der Waals surface area contributed by atoms with Gasteiger partial charge >= 0.3 is 6.09 Å². The molecule has 1 unspecified atom stereocenters. The lowest BCUT2D eigenvalue weighted by atomic mass is 10.00. The summed E-state index contributed by atoms with van der Waals surface area (Å²) >= 11 is 0. The summed E-state index contributed by atoms with van der Waals surface area (Å²) in [6, 6.07) is 26.8. The molecule has 3 aromatic carbocycles. The largest absolute Gasteiger partial charge is 0.443 e. The number of nitrogens with zero attached hydrogens (tertiary/aromatic N) is 2. The summed E-state index contributed by atoms with van der Waals surface area (Å²) in [5.74, 6) is -2.20. The number of aliphatic hydroxyl groups excluding tert-OH is 1. The summed E-state index contributed by atoms with van der Waals surface area (Å²) in [6.45, 7) is 5.34. The SMILES string of the molecule is CC(C)(C)OC(=O)NN(Cc1ccccc1)CC(O)[C@H](Cc1ccccc1)NC(=O)[C@H](CC(N)=O)NC(=O)c1ccc2ccccc2n1. The van der Waals surface area contributed by atoms with Crippen LogP contribution in [0.25, 0.3) is 10.9 Å². The van der Waals surface area contributed by atoms with Crippen LogP contribution in [0.15, 0.2) is 97.1 Å². The fraction of sp³-hybridized carbons (Fsp3) is 0.306. The number of nitrogens with two attached hydrogens (primary N) is 1. The number of pyridine rings is 1. The van der Waals surface area contributed by atoms with Gasteiger partial charge in [0.1, 0.15) is 17.3 Å². The van der Waals surface area contributed by atoms with Gasteiger partial charge in [-0.1, -0.05) is 84.9 Å². The van der Waals surface area contributed by atoms with Gasteiger partial charge in [0.05, 0.1) is 24.1 Å². The number of rotatable bonds is 14. The van der Waals surface area contributed by atoms with E-state index in [-0.39, 0.29) is 25.2 Å². The number of carbonyl (C=O) groups excluding carboxylic acids is 4. The van der Waals surface area contributed by atoms with E-state index >= 15 is 0 Å². The van der Waals surface area contributed by atoms with E-state index in [9.17, 15) is 24.3 Å². The highest BCUT2D eigenvalue weighted by Crippen LogP contribution is 2.14. The van der Waals surface area contributed by atoms with Gasteiger partial charge in [-0.2, -0.15) is 0 Å². The van der Waals surface area contributed by atoms with Crippen LogP contribution in [-0.4, -0.2) is 69.2 Å². The standard InChI is InChI=1S/C36H42N6O6/c1-36(2,3)48-35(47)41-42(22-25-14-8-5-9-15-25)23-31(43)29(20-24-12-6-4-7-13-24)39-34(46)30(21-32(37)44)40-33(45)28-19-18-26-16-10-11-17-27(26)38-28/h4-19,29-31,43H,20-23H2,1-3H3,(H2,37,44)(H,39,46)(H,40,45)(H,41,47)/t29-,30-,31?/m0/s1. The van der Waals surface area contributed by atoms with Gasteiger partial charge in [0, 0.05) is 18.5 Å². The Bertz CT molecular complexity index is 1700. The second-order valence-corrected chi connectivity index (χ2v) is 12.4. The van der Waals surface area contributed by atoms with Crippen molar-refractivity contribution in [3.63, 3.8) is 0 Å². The molecule has 0 fully saturated rings. The molecule has 4 rings (SSSR count). The third kappa shape index (κ3) is 11.2. The Labute approximate surface area is 279 Å². The molecule has 4 amide bonds. The maximum absolute atomic E-state index is 13.7. The summed E-state index contributed by atoms with van der Waals surface area (Å²) in [5.41, 5.74) is 9.73. The van der Waals surface area contributed by atoms with E-state index in [0.717, 1.165) is 16.5 Å². The number of para-hydroxylation sites is 1. The van der Waals surface area contributed by atoms with E-state index < -0.39 is 54.0 Å². The highest BCUT2D eigenvalue weighted by Gasteiger charge is 2.30. The maximum Gasteiger partial charge on any atom is 0.422 e. The first kappa shape index (κ1) is 35.5. The number of aliphatic hydroxyl groups is 1. The number of hydrogen-bond acceptors (Lipinski definition) is 8. The van der Waals surface area contributed by atoms with Crippen molar-refractivity contribution in [2.75, 3.05) is 6.54 Å². The topological polar surface area (TPSA) is 176 Å². The Morgan fingerprint density at radius 3 is 2.12 bits per heavy atom. The molecule has 12 nitrogen and oxygen atoms in total. The number of benzene rings is 3. The van der Waals surface area contributed by atoms with Crippen LogP contribution in [-0.2, 0) is 27.3 Å². The zero-order chi connectivity index (χ0) is 34.7. The predicted octanol–water partition coefficient (Wildman–Crippen LogP) is 3.24. The van der Waals surface area contributed by atoms with Crippen LogP contribution >= 0.6 is 0 Å². The second-order valence-electron chi connectivity index (χ2n) is 12.4. The molecule has 0 saturated carbocycles. The summed E-state index contributed by atoms with van der Waals surface area (Å²) in [5, 5.41) is 19.3. The van der Waals surface area contributed by atoms with Crippen LogP contribution in [0.2, 0.25) is 0 Å². The Morgan fingerprint density at radius 1 is 0.854 bits per heavy atom. The minimum Gasteiger partial charge on any atom is -0.443 e. The van der Waals surface area contributed by atoms with Gasteiger partial charge in [-0.3, -0.25) is 19.8 Å². The molecule has 0 aliphatic heterocycles. The summed E-state index contributed by atoms with van der Waals surface area (Å²) in [7, 11) is 0. The lowest BCUT2D eigenvalue weighted by molar-refractivity contribution is -0.128. The molecule has 48 heavy (non-hydrogen) atoms. The Hall–Kier alpha value is -5.33. The minimum atomic E-state index is -1.35. The second kappa shape index (κ2) is 16.5. The van der Waals surface area contributed by atoms with Crippen LogP contribution in [0.1, 0.15) is 48.8 Å². The van der Waals surface area contributed by atoms with Crippen molar-refractivity contribution in [2.24, 2.45) is 5.73 Å². The van der Waals surface area contributed by atoms with Gasteiger partial charge in [-0.05, 0) is 50.5 Å². The molecule has 1 aromatic heterocycles. The quantitative estimate of drug-likeness (QED) is 0.129. The highest BCUT2D eigenvalue weighted by molar-refractivity contribution is 5.99. The summed E-state index contributed by atoms with van der Waals surface area (Å²) in [6.07, 6.45) is -2.23. The van der Waals surface area contributed by atoms with Crippen molar-refractivity contribution in [1.82, 2.24) is 26.1 Å². The molecule has 252 valence electrons. The van der Waals surface area contributed by atoms with Crippen LogP contribution in [0.3, 0.4) is 0 Å². The fourth-order valence-electron chi connectivity index (χ4n) is 5.01. The third-order valence-electron chi connectivity index (χ3n) is 7.22. The molecular weight excluding hydrogens is 612 g/mol. The monoisotopic (exact) mass is 654 g/mol. The fourth-order valence-corrected chi connectivity index (χ4v) is 5.01. The first-order chi connectivity index (χ1) is 22.9. The van der Waals surface area contributed by atoms with Crippen molar-refractivity contribution in [2.45, 2.75) is 63.9 Å². The average Bonchev–Trinajstić information content (AvgIpc) is 3.03.